The third-order valence-electron chi connectivity index (χ3n) is 6.94. The van der Waals surface area contributed by atoms with Crippen molar-refractivity contribution in [2.24, 2.45) is 0 Å². The maximum atomic E-state index is 13.6. The quantitative estimate of drug-likeness (QED) is 0.308. The van der Waals surface area contributed by atoms with Gasteiger partial charge in [0.1, 0.15) is 11.5 Å². The first-order chi connectivity index (χ1) is 18.1. The van der Waals surface area contributed by atoms with Crippen molar-refractivity contribution in [3.63, 3.8) is 0 Å². The van der Waals surface area contributed by atoms with Crippen molar-refractivity contribution in [1.29, 1.82) is 0 Å². The Morgan fingerprint density at radius 2 is 1.84 bits per heavy atom. The predicted molar refractivity (Wildman–Crippen MR) is 151 cm³/mol. The summed E-state index contributed by atoms with van der Waals surface area (Å²) in [6.45, 7) is 10.8. The summed E-state index contributed by atoms with van der Waals surface area (Å²) in [6, 6.07) is 16.5. The Labute approximate surface area is 222 Å². The van der Waals surface area contributed by atoms with E-state index in [1.54, 1.807) is 26.4 Å². The number of allylic oxidation sites excluding steroid dienone is 3. The first kappa shape index (κ1) is 28.1. The Hall–Kier alpha value is -3.51. The second-order valence-corrected chi connectivity index (χ2v) is 8.91. The van der Waals surface area contributed by atoms with E-state index >= 15 is 0 Å². The highest BCUT2D eigenvalue weighted by molar-refractivity contribution is 6.00. The average molecular weight is 504 g/mol. The fourth-order valence-corrected chi connectivity index (χ4v) is 5.12. The molecule has 2 heterocycles. The lowest BCUT2D eigenvalue weighted by Crippen LogP contribution is -2.50. The molecule has 1 spiro atoms. The van der Waals surface area contributed by atoms with Crippen molar-refractivity contribution >= 4 is 11.6 Å². The number of para-hydroxylation sites is 1. The van der Waals surface area contributed by atoms with Crippen molar-refractivity contribution in [2.45, 2.75) is 45.2 Å². The molecular weight excluding hydrogens is 462 g/mol. The number of carbonyl (C=O) groups excluding carboxylic acids is 1. The molecule has 0 saturated carbocycles. The Morgan fingerprint density at radius 3 is 2.49 bits per heavy atom. The van der Waals surface area contributed by atoms with Crippen molar-refractivity contribution in [3.8, 4) is 0 Å². The lowest BCUT2D eigenvalue weighted by Gasteiger charge is -2.42. The summed E-state index contributed by atoms with van der Waals surface area (Å²) in [5.74, 6) is 1.54. The van der Waals surface area contributed by atoms with Gasteiger partial charge in [0.05, 0.1) is 19.8 Å². The summed E-state index contributed by atoms with van der Waals surface area (Å²) in [6.07, 6.45) is 7.72. The molecule has 0 unspecified atom stereocenters. The average Bonchev–Trinajstić information content (AvgIpc) is 3.17. The van der Waals surface area contributed by atoms with E-state index < -0.39 is 0 Å². The molecule has 1 fully saturated rings. The number of ether oxygens (including phenoxy) is 2. The van der Waals surface area contributed by atoms with Crippen molar-refractivity contribution < 1.29 is 14.3 Å². The number of benzene rings is 2. The Bertz CT molecular complexity index is 1100. The van der Waals surface area contributed by atoms with Gasteiger partial charge in [0.2, 0.25) is 0 Å². The van der Waals surface area contributed by atoms with Crippen LogP contribution < -0.4 is 10.6 Å². The smallest absolute Gasteiger partial charge is 0.254 e. The van der Waals surface area contributed by atoms with Crippen LogP contribution >= 0.6 is 0 Å². The number of fused-ring (bicyclic) bond motifs is 2. The number of piperidine rings is 1. The maximum Gasteiger partial charge on any atom is 0.254 e. The van der Waals surface area contributed by atoms with Crippen LogP contribution in [0.1, 0.15) is 54.6 Å². The van der Waals surface area contributed by atoms with Gasteiger partial charge >= 0.3 is 0 Å². The molecule has 0 atom stereocenters. The predicted octanol–water partition coefficient (Wildman–Crippen LogP) is 6.00. The number of anilines is 1. The third-order valence-corrected chi connectivity index (χ3v) is 6.94. The van der Waals surface area contributed by atoms with Gasteiger partial charge in [0, 0.05) is 36.8 Å². The molecule has 2 aliphatic rings. The Balaban J connectivity index is 0.00000186. The van der Waals surface area contributed by atoms with Crippen LogP contribution in [0.3, 0.4) is 0 Å². The summed E-state index contributed by atoms with van der Waals surface area (Å²) in [5.41, 5.74) is 3.95. The normalized spacial score (nSPS) is 16.5. The molecule has 2 N–H and O–H groups in total. The van der Waals surface area contributed by atoms with Crippen molar-refractivity contribution in [2.75, 3.05) is 39.2 Å². The number of rotatable bonds is 10. The molecule has 2 aliphatic heterocycles. The van der Waals surface area contributed by atoms with E-state index in [-0.39, 0.29) is 11.4 Å². The van der Waals surface area contributed by atoms with Crippen molar-refractivity contribution in [1.82, 2.24) is 10.2 Å². The molecule has 1 amide bonds. The molecule has 0 aliphatic carbocycles. The number of hydrogen-bond acceptors (Lipinski definition) is 5. The minimum atomic E-state index is -0.291. The summed E-state index contributed by atoms with van der Waals surface area (Å²) in [7, 11) is 3.27. The standard InChI is InChI=1S/C29H35N3O3.C2H6/c1-4-8-24(34-2)20-25(35-3)13-18-32-28(33)26-12-11-22(21-31-23-9-6-5-7-10-23)19-27(26)29(32)14-16-30-17-15-29;1-2/h4-12,19-20,30-31H,1,13-18,21H2,2-3H3;1-2H3/b24-8+,25-20+;. The third kappa shape index (κ3) is 6.44. The first-order valence-electron chi connectivity index (χ1n) is 13.2. The van der Waals surface area contributed by atoms with Crippen LogP contribution in [0, 0.1) is 0 Å². The van der Waals surface area contributed by atoms with E-state index in [1.807, 2.05) is 44.2 Å². The highest BCUT2D eigenvalue weighted by Crippen LogP contribution is 2.45. The van der Waals surface area contributed by atoms with Crippen LogP contribution in [0.15, 0.2) is 84.9 Å². The molecule has 0 radical (unpaired) electrons. The van der Waals surface area contributed by atoms with E-state index in [4.69, 9.17) is 9.47 Å². The largest absolute Gasteiger partial charge is 0.501 e. The molecule has 198 valence electrons. The van der Waals surface area contributed by atoms with Crippen LogP contribution in [-0.2, 0) is 21.6 Å². The zero-order chi connectivity index (χ0) is 26.7. The summed E-state index contributed by atoms with van der Waals surface area (Å²) >= 11 is 0. The Morgan fingerprint density at radius 1 is 1.11 bits per heavy atom. The van der Waals surface area contributed by atoms with Gasteiger partial charge in [-0.1, -0.05) is 56.8 Å². The molecular formula is C31H41N3O3. The first-order valence-corrected chi connectivity index (χ1v) is 13.2. The maximum absolute atomic E-state index is 13.6. The molecule has 6 heteroatoms. The molecule has 37 heavy (non-hydrogen) atoms. The topological polar surface area (TPSA) is 62.8 Å². The lowest BCUT2D eigenvalue weighted by molar-refractivity contribution is 0.0437. The fourth-order valence-electron chi connectivity index (χ4n) is 5.12. The van der Waals surface area contributed by atoms with Gasteiger partial charge in [-0.2, -0.15) is 0 Å². The van der Waals surface area contributed by atoms with Gasteiger partial charge in [-0.25, -0.2) is 0 Å². The molecule has 0 aromatic heterocycles. The molecule has 2 aromatic rings. The molecule has 6 nitrogen and oxygen atoms in total. The van der Waals surface area contributed by atoms with E-state index in [0.29, 0.717) is 25.3 Å². The van der Waals surface area contributed by atoms with Crippen LogP contribution in [0.5, 0.6) is 0 Å². The Kier molecular flexibility index (Phi) is 10.4. The van der Waals surface area contributed by atoms with Gasteiger partial charge in [-0.3, -0.25) is 4.79 Å². The van der Waals surface area contributed by atoms with Gasteiger partial charge in [-0.05, 0) is 61.3 Å². The van der Waals surface area contributed by atoms with Crippen molar-refractivity contribution in [3.05, 3.63) is 102 Å². The summed E-state index contributed by atoms with van der Waals surface area (Å²) < 4.78 is 11.0. The van der Waals surface area contributed by atoms with Crippen LogP contribution in [0.2, 0.25) is 0 Å². The molecule has 1 saturated heterocycles. The van der Waals surface area contributed by atoms with E-state index in [0.717, 1.165) is 48.5 Å². The summed E-state index contributed by atoms with van der Waals surface area (Å²) in [5, 5.41) is 6.96. The van der Waals surface area contributed by atoms with Crippen LogP contribution in [-0.4, -0.2) is 44.7 Å². The zero-order valence-corrected chi connectivity index (χ0v) is 22.7. The van der Waals surface area contributed by atoms with Crippen LogP contribution in [0.4, 0.5) is 5.69 Å². The number of methoxy groups -OCH3 is 2. The SMILES string of the molecule is C=C/C=C(\C=C(/CCN1C(=O)c2ccc(CNc3ccccc3)cc2C12CCNCC2)OC)OC.CC. The minimum absolute atomic E-state index is 0.105. The summed E-state index contributed by atoms with van der Waals surface area (Å²) in [4.78, 5) is 15.7. The minimum Gasteiger partial charge on any atom is -0.501 e. The zero-order valence-electron chi connectivity index (χ0n) is 22.7. The molecule has 0 bridgehead atoms. The number of nitrogens with one attached hydrogen (secondary N) is 2. The number of nitrogens with zero attached hydrogens (tertiary/aromatic N) is 1. The van der Waals surface area contributed by atoms with Crippen LogP contribution in [0.25, 0.3) is 0 Å². The van der Waals surface area contributed by atoms with E-state index in [2.05, 4.69) is 46.4 Å². The van der Waals surface area contributed by atoms with Gasteiger partial charge in [0.15, 0.2) is 0 Å². The second-order valence-electron chi connectivity index (χ2n) is 8.91. The highest BCUT2D eigenvalue weighted by atomic mass is 16.5. The highest BCUT2D eigenvalue weighted by Gasteiger charge is 2.49. The van der Waals surface area contributed by atoms with Gasteiger partial charge < -0.3 is 25.0 Å². The van der Waals surface area contributed by atoms with Gasteiger partial charge in [-0.15, -0.1) is 0 Å². The van der Waals surface area contributed by atoms with E-state index in [1.165, 1.54) is 5.56 Å². The molecule has 4 rings (SSSR count). The lowest BCUT2D eigenvalue weighted by atomic mass is 9.80. The number of amides is 1. The monoisotopic (exact) mass is 503 g/mol. The van der Waals surface area contributed by atoms with E-state index in [9.17, 15) is 4.79 Å². The van der Waals surface area contributed by atoms with Gasteiger partial charge in [0.25, 0.3) is 5.91 Å². The number of carbonyl (C=O) groups is 1. The number of hydrogen-bond donors (Lipinski definition) is 2. The fraction of sp³-hybridized carbons (Fsp3) is 0.387. The second kappa shape index (κ2) is 13.7. The molecule has 2 aromatic carbocycles.